The molecule has 2 aliphatic rings. The van der Waals surface area contributed by atoms with Crippen molar-refractivity contribution in [1.29, 1.82) is 0 Å². The fourth-order valence-corrected chi connectivity index (χ4v) is 4.26. The van der Waals surface area contributed by atoms with E-state index in [-0.39, 0.29) is 23.5 Å². The number of amides is 2. The minimum absolute atomic E-state index is 0.0626. The van der Waals surface area contributed by atoms with Crippen LogP contribution in [0.15, 0.2) is 35.3 Å². The zero-order valence-corrected chi connectivity index (χ0v) is 15.4. The Kier molecular flexibility index (Phi) is 6.13. The first-order chi connectivity index (χ1) is 12.1. The summed E-state index contributed by atoms with van der Waals surface area (Å²) < 4.78 is 0. The fraction of sp³-hybridized carbons (Fsp3) is 0.526. The zero-order chi connectivity index (χ0) is 17.6. The second kappa shape index (κ2) is 8.52. The number of hydrogen-bond acceptors (Lipinski definition) is 4. The van der Waals surface area contributed by atoms with Crippen LogP contribution in [0.1, 0.15) is 38.5 Å². The fourth-order valence-electron chi connectivity index (χ4n) is 3.29. The number of nitrogens with zero attached hydrogens (tertiary/aromatic N) is 2. The predicted octanol–water partition coefficient (Wildman–Crippen LogP) is 3.21. The normalized spacial score (nSPS) is 22.8. The number of carbonyl (C=O) groups excluding carboxylic acids is 2. The molecular formula is C19H25N3O2S. The number of amidine groups is 1. The average molecular weight is 359 g/mol. The molecule has 0 spiro atoms. The van der Waals surface area contributed by atoms with Gasteiger partial charge in [-0.15, -0.1) is 0 Å². The third-order valence-electron chi connectivity index (χ3n) is 4.87. The molecule has 1 aliphatic heterocycles. The third kappa shape index (κ3) is 4.84. The first kappa shape index (κ1) is 18.0. The molecule has 1 saturated heterocycles. The van der Waals surface area contributed by atoms with Gasteiger partial charge in [-0.3, -0.25) is 14.6 Å². The molecule has 2 amide bonds. The van der Waals surface area contributed by atoms with Crippen molar-refractivity contribution in [2.75, 3.05) is 18.5 Å². The second-order valence-corrected chi connectivity index (χ2v) is 7.93. The molecule has 1 atom stereocenters. The summed E-state index contributed by atoms with van der Waals surface area (Å²) in [5, 5.41) is 3.12. The lowest BCUT2D eigenvalue weighted by molar-refractivity contribution is -0.123. The predicted molar refractivity (Wildman–Crippen MR) is 103 cm³/mol. The Balaban J connectivity index is 1.53. The molecule has 0 radical (unpaired) electrons. The topological polar surface area (TPSA) is 61.8 Å². The van der Waals surface area contributed by atoms with Crippen molar-refractivity contribution in [2.24, 2.45) is 10.9 Å². The van der Waals surface area contributed by atoms with Crippen molar-refractivity contribution in [3.8, 4) is 0 Å². The molecule has 1 saturated carbocycles. The standard InChI is InChI=1S/C19H25N3O2S/c1-22(15-10-6-3-7-11-15)17(23)12-16-18(24)21-19(25-16)20-13-14-8-4-2-5-9-14/h3,6-7,10-11,14,16H,2,4-5,8-9,12-13H2,1H3,(H,20,21,24). The highest BCUT2D eigenvalue weighted by molar-refractivity contribution is 8.15. The van der Waals surface area contributed by atoms with Gasteiger partial charge in [-0.1, -0.05) is 49.2 Å². The van der Waals surface area contributed by atoms with Gasteiger partial charge in [-0.25, -0.2) is 0 Å². The number of para-hydroxylation sites is 1. The van der Waals surface area contributed by atoms with Gasteiger partial charge in [0.05, 0.1) is 0 Å². The minimum atomic E-state index is -0.385. The van der Waals surface area contributed by atoms with Crippen LogP contribution in [0.2, 0.25) is 0 Å². The number of nitrogens with one attached hydrogen (secondary N) is 1. The van der Waals surface area contributed by atoms with Gasteiger partial charge in [0.2, 0.25) is 11.8 Å². The minimum Gasteiger partial charge on any atom is -0.315 e. The number of aliphatic imine (C=N–C) groups is 1. The summed E-state index contributed by atoms with van der Waals surface area (Å²) in [7, 11) is 1.74. The van der Waals surface area contributed by atoms with E-state index in [1.54, 1.807) is 11.9 Å². The van der Waals surface area contributed by atoms with E-state index >= 15 is 0 Å². The van der Waals surface area contributed by atoms with Crippen LogP contribution in [0.3, 0.4) is 0 Å². The second-order valence-electron chi connectivity index (χ2n) is 6.74. The molecule has 0 bridgehead atoms. The van der Waals surface area contributed by atoms with E-state index in [1.807, 2.05) is 30.3 Å². The Bertz CT molecular complexity index is 641. The van der Waals surface area contributed by atoms with Crippen LogP contribution in [-0.4, -0.2) is 35.8 Å². The van der Waals surface area contributed by atoms with E-state index in [2.05, 4.69) is 10.3 Å². The monoisotopic (exact) mass is 359 g/mol. The Hall–Kier alpha value is -1.82. The lowest BCUT2D eigenvalue weighted by Gasteiger charge is -2.19. The molecule has 134 valence electrons. The summed E-state index contributed by atoms with van der Waals surface area (Å²) in [4.78, 5) is 30.8. The molecule has 1 N–H and O–H groups in total. The quantitative estimate of drug-likeness (QED) is 0.878. The summed E-state index contributed by atoms with van der Waals surface area (Å²) in [6.45, 7) is 0.785. The molecule has 5 nitrogen and oxygen atoms in total. The lowest BCUT2D eigenvalue weighted by Crippen LogP contribution is -2.32. The van der Waals surface area contributed by atoms with Crippen molar-refractivity contribution in [1.82, 2.24) is 5.32 Å². The van der Waals surface area contributed by atoms with Gasteiger partial charge in [-0.2, -0.15) is 0 Å². The number of benzene rings is 1. The molecule has 1 aliphatic carbocycles. The number of thioether (sulfide) groups is 1. The Morgan fingerprint density at radius 2 is 1.96 bits per heavy atom. The van der Waals surface area contributed by atoms with E-state index in [0.717, 1.165) is 12.2 Å². The van der Waals surface area contributed by atoms with Crippen LogP contribution in [0.25, 0.3) is 0 Å². The van der Waals surface area contributed by atoms with Crippen molar-refractivity contribution >= 4 is 34.4 Å². The summed E-state index contributed by atoms with van der Waals surface area (Å²) in [6.07, 6.45) is 6.57. The average Bonchev–Trinajstić information content (AvgIpc) is 3.00. The van der Waals surface area contributed by atoms with Crippen LogP contribution >= 0.6 is 11.8 Å². The Morgan fingerprint density at radius 1 is 1.24 bits per heavy atom. The van der Waals surface area contributed by atoms with E-state index < -0.39 is 0 Å². The molecule has 0 aromatic heterocycles. The van der Waals surface area contributed by atoms with Gasteiger partial charge < -0.3 is 10.2 Å². The molecule has 1 heterocycles. The number of rotatable bonds is 5. The molecule has 6 heteroatoms. The number of carbonyl (C=O) groups is 2. The smallest absolute Gasteiger partial charge is 0.240 e. The summed E-state index contributed by atoms with van der Waals surface area (Å²) >= 11 is 1.39. The van der Waals surface area contributed by atoms with Crippen LogP contribution in [-0.2, 0) is 9.59 Å². The SMILES string of the molecule is CN(C(=O)CC1SC(=NCC2CCCCC2)NC1=O)c1ccccc1. The first-order valence-corrected chi connectivity index (χ1v) is 9.85. The maximum absolute atomic E-state index is 12.4. The molecule has 25 heavy (non-hydrogen) atoms. The van der Waals surface area contributed by atoms with Crippen LogP contribution in [0, 0.1) is 5.92 Å². The van der Waals surface area contributed by atoms with Crippen molar-refractivity contribution in [3.05, 3.63) is 30.3 Å². The highest BCUT2D eigenvalue weighted by Gasteiger charge is 2.33. The van der Waals surface area contributed by atoms with Crippen LogP contribution in [0.4, 0.5) is 5.69 Å². The lowest BCUT2D eigenvalue weighted by atomic mass is 9.89. The van der Waals surface area contributed by atoms with Gasteiger partial charge in [0.1, 0.15) is 5.25 Å². The van der Waals surface area contributed by atoms with Gasteiger partial charge in [0.25, 0.3) is 0 Å². The summed E-state index contributed by atoms with van der Waals surface area (Å²) in [6, 6.07) is 9.48. The van der Waals surface area contributed by atoms with E-state index in [1.165, 1.54) is 43.9 Å². The largest absolute Gasteiger partial charge is 0.315 e. The zero-order valence-electron chi connectivity index (χ0n) is 14.6. The highest BCUT2D eigenvalue weighted by atomic mass is 32.2. The Labute approximate surface area is 153 Å². The number of hydrogen-bond donors (Lipinski definition) is 1. The summed E-state index contributed by atoms with van der Waals surface area (Å²) in [5.41, 5.74) is 0.835. The third-order valence-corrected chi connectivity index (χ3v) is 5.99. The van der Waals surface area contributed by atoms with Gasteiger partial charge in [-0.05, 0) is 30.9 Å². The van der Waals surface area contributed by atoms with E-state index in [0.29, 0.717) is 11.1 Å². The Morgan fingerprint density at radius 3 is 2.68 bits per heavy atom. The highest BCUT2D eigenvalue weighted by Crippen LogP contribution is 2.27. The summed E-state index contributed by atoms with van der Waals surface area (Å²) in [5.74, 6) is 0.471. The van der Waals surface area contributed by atoms with Gasteiger partial charge >= 0.3 is 0 Å². The molecular weight excluding hydrogens is 334 g/mol. The molecule has 1 aromatic rings. The van der Waals surface area contributed by atoms with Crippen LogP contribution in [0.5, 0.6) is 0 Å². The molecule has 1 aromatic carbocycles. The number of anilines is 1. The van der Waals surface area contributed by atoms with E-state index in [4.69, 9.17) is 0 Å². The molecule has 2 fully saturated rings. The maximum Gasteiger partial charge on any atom is 0.240 e. The maximum atomic E-state index is 12.4. The van der Waals surface area contributed by atoms with Gasteiger partial charge in [0, 0.05) is 25.7 Å². The van der Waals surface area contributed by atoms with Crippen molar-refractivity contribution < 1.29 is 9.59 Å². The molecule has 1 unspecified atom stereocenters. The first-order valence-electron chi connectivity index (χ1n) is 8.97. The van der Waals surface area contributed by atoms with Gasteiger partial charge in [0.15, 0.2) is 5.17 Å². The van der Waals surface area contributed by atoms with Crippen LogP contribution < -0.4 is 10.2 Å². The van der Waals surface area contributed by atoms with Crippen molar-refractivity contribution in [2.45, 2.75) is 43.8 Å². The van der Waals surface area contributed by atoms with E-state index in [9.17, 15) is 9.59 Å². The van der Waals surface area contributed by atoms with Crippen molar-refractivity contribution in [3.63, 3.8) is 0 Å². The molecule has 3 rings (SSSR count).